The van der Waals surface area contributed by atoms with Crippen molar-refractivity contribution < 1.29 is 23.4 Å². The zero-order valence-electron chi connectivity index (χ0n) is 14.9. The Labute approximate surface area is 197 Å². The molecule has 1 heterocycles. The topological polar surface area (TPSA) is 85.5 Å². The van der Waals surface area contributed by atoms with Crippen molar-refractivity contribution in [1.82, 2.24) is 10.2 Å². The van der Waals surface area contributed by atoms with Crippen molar-refractivity contribution in [1.29, 1.82) is 0 Å². The molecule has 29 heavy (non-hydrogen) atoms. The van der Waals surface area contributed by atoms with Crippen LogP contribution in [0.4, 0.5) is 4.39 Å². The summed E-state index contributed by atoms with van der Waals surface area (Å²) < 4.78 is 26.7. The number of aryl methyl sites for hydroxylation is 1. The predicted octanol–water partition coefficient (Wildman–Crippen LogP) is 5.52. The van der Waals surface area contributed by atoms with E-state index in [4.69, 9.17) is 9.15 Å². The summed E-state index contributed by atoms with van der Waals surface area (Å²) >= 11 is 5.10. The molecular formula is C19H13FI2N2O4S. The van der Waals surface area contributed by atoms with Gasteiger partial charge in [-0.05, 0) is 81.2 Å². The van der Waals surface area contributed by atoms with Crippen LogP contribution in [0.15, 0.2) is 50.9 Å². The first-order valence-electron chi connectivity index (χ1n) is 8.11. The van der Waals surface area contributed by atoms with Gasteiger partial charge in [-0.1, -0.05) is 18.2 Å². The van der Waals surface area contributed by atoms with Gasteiger partial charge in [-0.25, -0.2) is 9.18 Å². The Morgan fingerprint density at radius 3 is 2.72 bits per heavy atom. The first-order chi connectivity index (χ1) is 13.8. The molecular weight excluding hydrogens is 625 g/mol. The zero-order chi connectivity index (χ0) is 21.0. The van der Waals surface area contributed by atoms with E-state index in [9.17, 15) is 14.3 Å². The minimum absolute atomic E-state index is 0.0119. The molecule has 0 saturated heterocycles. The van der Waals surface area contributed by atoms with Crippen LogP contribution in [0.1, 0.15) is 17.0 Å². The van der Waals surface area contributed by atoms with E-state index in [1.165, 1.54) is 12.1 Å². The highest BCUT2D eigenvalue weighted by Crippen LogP contribution is 2.34. The van der Waals surface area contributed by atoms with Gasteiger partial charge in [-0.2, -0.15) is 0 Å². The first-order valence-corrected chi connectivity index (χ1v) is 11.1. The number of carboxylic acids is 1. The normalized spacial score (nSPS) is 11.5. The monoisotopic (exact) mass is 638 g/mol. The molecule has 0 aliphatic heterocycles. The van der Waals surface area contributed by atoms with Gasteiger partial charge in [0.2, 0.25) is 5.89 Å². The molecule has 0 spiro atoms. The minimum atomic E-state index is -1.14. The molecule has 1 N–H and O–H groups in total. The van der Waals surface area contributed by atoms with E-state index in [-0.39, 0.29) is 22.6 Å². The summed E-state index contributed by atoms with van der Waals surface area (Å²) in [4.78, 5) is 11.7. The van der Waals surface area contributed by atoms with Gasteiger partial charge in [0.25, 0.3) is 5.22 Å². The van der Waals surface area contributed by atoms with Gasteiger partial charge in [-0.3, -0.25) is 0 Å². The SMILES string of the molecule is Cc1nnc(S/C(=C\c2cc(I)cc(I)c2OCc2ccccc2F)C(=O)O)o1. The first kappa shape index (κ1) is 22.0. The molecule has 1 aromatic heterocycles. The van der Waals surface area contributed by atoms with Crippen LogP contribution >= 0.6 is 56.9 Å². The van der Waals surface area contributed by atoms with Crippen molar-refractivity contribution in [2.24, 2.45) is 0 Å². The van der Waals surface area contributed by atoms with E-state index in [2.05, 4.69) is 55.4 Å². The van der Waals surface area contributed by atoms with E-state index < -0.39 is 5.97 Å². The summed E-state index contributed by atoms with van der Waals surface area (Å²) in [6, 6.07) is 10.0. The van der Waals surface area contributed by atoms with Crippen molar-refractivity contribution in [3.8, 4) is 5.75 Å². The van der Waals surface area contributed by atoms with E-state index in [1.54, 1.807) is 31.2 Å². The summed E-state index contributed by atoms with van der Waals surface area (Å²) in [7, 11) is 0. The van der Waals surface area contributed by atoms with E-state index in [0.717, 1.165) is 18.9 Å². The average molecular weight is 638 g/mol. The van der Waals surface area contributed by atoms with Crippen LogP contribution < -0.4 is 4.74 Å². The summed E-state index contributed by atoms with van der Waals surface area (Å²) in [5.74, 6) is -0.691. The predicted molar refractivity (Wildman–Crippen MR) is 123 cm³/mol. The van der Waals surface area contributed by atoms with Crippen molar-refractivity contribution in [2.45, 2.75) is 18.8 Å². The van der Waals surface area contributed by atoms with Crippen LogP contribution in [-0.4, -0.2) is 21.3 Å². The zero-order valence-corrected chi connectivity index (χ0v) is 20.0. The summed E-state index contributed by atoms with van der Waals surface area (Å²) in [6.45, 7) is 1.64. The highest BCUT2D eigenvalue weighted by molar-refractivity contribution is 14.1. The molecule has 3 rings (SSSR count). The molecule has 0 amide bonds. The molecule has 0 saturated carbocycles. The average Bonchev–Trinajstić information content (AvgIpc) is 3.06. The fourth-order valence-corrected chi connectivity index (χ4v) is 5.05. The molecule has 0 atom stereocenters. The third-order valence-electron chi connectivity index (χ3n) is 3.57. The molecule has 0 aliphatic carbocycles. The number of thioether (sulfide) groups is 1. The third kappa shape index (κ3) is 5.92. The molecule has 0 radical (unpaired) electrons. The molecule has 6 nitrogen and oxygen atoms in total. The Bertz CT molecular complexity index is 1090. The number of nitrogens with zero attached hydrogens (tertiary/aromatic N) is 2. The van der Waals surface area contributed by atoms with Crippen molar-refractivity contribution in [3.05, 3.63) is 71.3 Å². The summed E-state index contributed by atoms with van der Waals surface area (Å²) in [6.07, 6.45) is 1.48. The number of halogens is 3. The smallest absolute Gasteiger partial charge is 0.342 e. The fraction of sp³-hybridized carbons (Fsp3) is 0.105. The Balaban J connectivity index is 1.95. The van der Waals surface area contributed by atoms with Gasteiger partial charge in [-0.15, -0.1) is 10.2 Å². The van der Waals surface area contributed by atoms with Crippen LogP contribution in [0.3, 0.4) is 0 Å². The maximum atomic E-state index is 13.9. The summed E-state index contributed by atoms with van der Waals surface area (Å²) in [5.41, 5.74) is 0.963. The van der Waals surface area contributed by atoms with E-state index in [0.29, 0.717) is 22.8 Å². The summed E-state index contributed by atoms with van der Waals surface area (Å²) in [5, 5.41) is 17.3. The largest absolute Gasteiger partial charge is 0.487 e. The van der Waals surface area contributed by atoms with Crippen molar-refractivity contribution in [2.75, 3.05) is 0 Å². The maximum absolute atomic E-state index is 13.9. The molecule has 0 fully saturated rings. The number of hydrogen-bond donors (Lipinski definition) is 1. The number of aromatic nitrogens is 2. The second kappa shape index (κ2) is 9.89. The van der Waals surface area contributed by atoms with Gasteiger partial charge >= 0.3 is 5.97 Å². The van der Waals surface area contributed by atoms with Gasteiger partial charge in [0.15, 0.2) is 0 Å². The lowest BCUT2D eigenvalue weighted by molar-refractivity contribution is -0.131. The molecule has 10 heteroatoms. The number of rotatable bonds is 7. The van der Waals surface area contributed by atoms with Crippen LogP contribution in [0.25, 0.3) is 6.08 Å². The maximum Gasteiger partial charge on any atom is 0.342 e. The lowest BCUT2D eigenvalue weighted by Crippen LogP contribution is -2.03. The number of carboxylic acid groups (broad SMARTS) is 1. The van der Waals surface area contributed by atoms with Crippen LogP contribution in [0.2, 0.25) is 0 Å². The lowest BCUT2D eigenvalue weighted by atomic mass is 10.2. The van der Waals surface area contributed by atoms with Crippen molar-refractivity contribution >= 4 is 69.0 Å². The molecule has 0 bridgehead atoms. The quantitative estimate of drug-likeness (QED) is 0.207. The number of hydrogen-bond acceptors (Lipinski definition) is 6. The highest BCUT2D eigenvalue weighted by atomic mass is 127. The number of ether oxygens (including phenoxy) is 1. The van der Waals surface area contributed by atoms with Crippen molar-refractivity contribution in [3.63, 3.8) is 0 Å². The second-order valence-electron chi connectivity index (χ2n) is 5.69. The van der Waals surface area contributed by atoms with Gasteiger partial charge in [0.1, 0.15) is 23.1 Å². The van der Waals surface area contributed by atoms with Crippen LogP contribution in [0.5, 0.6) is 5.75 Å². The van der Waals surface area contributed by atoms with Gasteiger partial charge in [0.05, 0.1) is 3.57 Å². The Kier molecular flexibility index (Phi) is 7.51. The molecule has 0 unspecified atom stereocenters. The molecule has 150 valence electrons. The Morgan fingerprint density at radius 2 is 2.07 bits per heavy atom. The number of carbonyl (C=O) groups is 1. The lowest BCUT2D eigenvalue weighted by Gasteiger charge is -2.13. The number of aliphatic carboxylic acids is 1. The van der Waals surface area contributed by atoms with Crippen LogP contribution in [-0.2, 0) is 11.4 Å². The third-order valence-corrected chi connectivity index (χ3v) is 5.85. The minimum Gasteiger partial charge on any atom is -0.487 e. The van der Waals surface area contributed by atoms with Crippen LogP contribution in [0, 0.1) is 19.9 Å². The molecule has 3 aromatic rings. The van der Waals surface area contributed by atoms with E-state index in [1.807, 2.05) is 6.07 Å². The Morgan fingerprint density at radius 1 is 1.31 bits per heavy atom. The molecule has 0 aliphatic rings. The fourth-order valence-electron chi connectivity index (χ4n) is 2.29. The second-order valence-corrected chi connectivity index (χ2v) is 9.09. The number of benzene rings is 2. The van der Waals surface area contributed by atoms with Gasteiger partial charge in [0, 0.05) is 21.6 Å². The van der Waals surface area contributed by atoms with Gasteiger partial charge < -0.3 is 14.3 Å². The Hall–Kier alpha value is -1.67. The van der Waals surface area contributed by atoms with E-state index >= 15 is 0 Å². The molecule has 2 aromatic carbocycles. The standard InChI is InChI=1S/C19H13FI2N2O4S/c1-10-23-24-19(28-10)29-16(18(25)26)7-12-6-13(21)8-15(22)17(12)27-9-11-4-2-3-5-14(11)20/h2-8H,9H2,1H3,(H,25,26)/b16-7-. The highest BCUT2D eigenvalue weighted by Gasteiger charge is 2.17.